The maximum atomic E-state index is 14.2. The van der Waals surface area contributed by atoms with Crippen molar-refractivity contribution in [3.63, 3.8) is 0 Å². The molecule has 214 valence electrons. The van der Waals surface area contributed by atoms with Gasteiger partial charge in [0.2, 0.25) is 5.78 Å². The second-order valence-electron chi connectivity index (χ2n) is 11.5. The summed E-state index contributed by atoms with van der Waals surface area (Å²) in [6, 6.07) is 3.18. The van der Waals surface area contributed by atoms with Crippen molar-refractivity contribution in [3.8, 4) is 5.75 Å². The first-order chi connectivity index (χ1) is 18.8. The third kappa shape index (κ3) is 3.78. The number of rotatable bonds is 4. The first-order valence-electron chi connectivity index (χ1n) is 13.5. The van der Waals surface area contributed by atoms with Crippen molar-refractivity contribution in [2.24, 2.45) is 23.5 Å². The summed E-state index contributed by atoms with van der Waals surface area (Å²) in [5.41, 5.74) is 1.62. The number of phenolic OH excluding ortho intramolecular Hbond substituents is 1. The number of aromatic hydroxyl groups is 1. The Morgan fingerprint density at radius 3 is 2.33 bits per heavy atom. The molecule has 5 rings (SSSR count). The molecule has 11 nitrogen and oxygen atoms in total. The summed E-state index contributed by atoms with van der Waals surface area (Å²) in [4.78, 5) is 55.0. The van der Waals surface area contributed by atoms with E-state index in [1.54, 1.807) is 19.1 Å². The van der Waals surface area contributed by atoms with Gasteiger partial charge in [-0.3, -0.25) is 24.1 Å². The van der Waals surface area contributed by atoms with Crippen molar-refractivity contribution in [1.29, 1.82) is 0 Å². The maximum Gasteiger partial charge on any atom is 0.309 e. The summed E-state index contributed by atoms with van der Waals surface area (Å²) in [5.74, 6) is -9.84. The monoisotopic (exact) mass is 554 g/mol. The van der Waals surface area contributed by atoms with Gasteiger partial charge in [0.05, 0.1) is 23.4 Å². The van der Waals surface area contributed by atoms with E-state index in [1.807, 2.05) is 0 Å². The first kappa shape index (κ1) is 27.9. The van der Waals surface area contributed by atoms with Gasteiger partial charge < -0.3 is 30.9 Å². The lowest BCUT2D eigenvalue weighted by molar-refractivity contribution is -0.188. The van der Waals surface area contributed by atoms with Crippen molar-refractivity contribution >= 4 is 29.2 Å². The Hall–Kier alpha value is -3.70. The number of likely N-dealkylation sites (N-methyl/N-ethyl adjacent to an activating group) is 1. The number of aliphatic hydroxyl groups excluding tert-OH is 2. The molecule has 0 heterocycles. The summed E-state index contributed by atoms with van der Waals surface area (Å²) < 4.78 is 6.13. The molecule has 0 saturated heterocycles. The minimum absolute atomic E-state index is 0.0244. The number of hydrogen-bond donors (Lipinski definition) is 5. The van der Waals surface area contributed by atoms with Crippen molar-refractivity contribution in [2.45, 2.75) is 62.7 Å². The highest BCUT2D eigenvalue weighted by molar-refractivity contribution is 6.24. The second-order valence-corrected chi connectivity index (χ2v) is 11.5. The van der Waals surface area contributed by atoms with Crippen LogP contribution in [0, 0.1) is 17.8 Å². The zero-order chi connectivity index (χ0) is 29.3. The van der Waals surface area contributed by atoms with Gasteiger partial charge in [-0.25, -0.2) is 0 Å². The zero-order valence-electron chi connectivity index (χ0n) is 22.6. The lowest BCUT2D eigenvalue weighted by Gasteiger charge is -2.54. The predicted octanol–water partition coefficient (Wildman–Crippen LogP) is 1.63. The third-order valence-corrected chi connectivity index (χ3v) is 9.16. The van der Waals surface area contributed by atoms with Crippen molar-refractivity contribution in [1.82, 2.24) is 4.90 Å². The molecule has 40 heavy (non-hydrogen) atoms. The number of nitrogens with two attached hydrogens (primary N) is 1. The van der Waals surface area contributed by atoms with E-state index < -0.39 is 82.0 Å². The minimum Gasteiger partial charge on any atom is -0.508 e. The Bertz CT molecular complexity index is 1370. The van der Waals surface area contributed by atoms with Crippen LogP contribution < -0.4 is 5.73 Å². The number of phenols is 1. The van der Waals surface area contributed by atoms with E-state index in [4.69, 9.17) is 10.5 Å². The average molecular weight is 555 g/mol. The van der Waals surface area contributed by atoms with E-state index in [1.165, 1.54) is 25.1 Å². The van der Waals surface area contributed by atoms with E-state index in [-0.39, 0.29) is 16.9 Å². The van der Waals surface area contributed by atoms with Gasteiger partial charge in [0, 0.05) is 11.5 Å². The molecule has 0 spiro atoms. The van der Waals surface area contributed by atoms with Crippen molar-refractivity contribution in [3.05, 3.63) is 46.2 Å². The summed E-state index contributed by atoms with van der Waals surface area (Å²) in [6.45, 7) is 1.73. The van der Waals surface area contributed by atoms with Crippen LogP contribution in [0.1, 0.15) is 56.1 Å². The molecule has 1 aromatic rings. The third-order valence-electron chi connectivity index (χ3n) is 9.16. The molecule has 4 aliphatic carbocycles. The minimum atomic E-state index is -2.94. The standard InChI is InChI=1S/C29H34N2O9/c1-12-14-10-7-11-15(32)17(14)22(33)18-16(12)24(40-28(38)13-8-5-4-6-9-13)20-21(31(2)3)23(34)19(27(30)37)26(36)29(20,39)25(18)35/h7,10-13,16,20-21,24,32-33,36,39H,4-6,8-9H2,1-3H3,(H2,30,37)/t12-,16+,20+,21-,24+,29+/m1/s1. The number of aliphatic hydroxyl groups is 3. The van der Waals surface area contributed by atoms with Crippen LogP contribution in [-0.4, -0.2) is 80.6 Å². The number of ether oxygens (including phenoxy) is 1. The molecule has 1 aromatic carbocycles. The molecule has 1 amide bonds. The number of carbonyl (C=O) groups is 4. The lowest BCUT2D eigenvalue weighted by atomic mass is 9.54. The smallest absolute Gasteiger partial charge is 0.309 e. The van der Waals surface area contributed by atoms with Gasteiger partial charge in [-0.15, -0.1) is 0 Å². The van der Waals surface area contributed by atoms with Gasteiger partial charge >= 0.3 is 5.97 Å². The molecule has 0 aromatic heterocycles. The molecule has 6 N–H and O–H groups in total. The summed E-state index contributed by atoms with van der Waals surface area (Å²) in [6.07, 6.45) is 2.45. The molecule has 2 saturated carbocycles. The average Bonchev–Trinajstić information content (AvgIpc) is 2.90. The second kappa shape index (κ2) is 9.74. The van der Waals surface area contributed by atoms with E-state index >= 15 is 0 Å². The largest absolute Gasteiger partial charge is 0.508 e. The Labute approximate surface area is 230 Å². The van der Waals surface area contributed by atoms with Gasteiger partial charge in [0.1, 0.15) is 28.9 Å². The number of esters is 1. The molecular formula is C29H34N2O9. The van der Waals surface area contributed by atoms with Crippen LogP contribution in [-0.2, 0) is 23.9 Å². The maximum absolute atomic E-state index is 14.2. The Balaban J connectivity index is 1.79. The summed E-state index contributed by atoms with van der Waals surface area (Å²) >= 11 is 0. The van der Waals surface area contributed by atoms with Gasteiger partial charge in [-0.05, 0) is 44.5 Å². The predicted molar refractivity (Wildman–Crippen MR) is 141 cm³/mol. The van der Waals surface area contributed by atoms with E-state index in [0.29, 0.717) is 18.4 Å². The van der Waals surface area contributed by atoms with Crippen molar-refractivity contribution in [2.75, 3.05) is 14.1 Å². The van der Waals surface area contributed by atoms with Crippen LogP contribution in [0.4, 0.5) is 0 Å². The highest BCUT2D eigenvalue weighted by atomic mass is 16.5. The topological polar surface area (TPSA) is 188 Å². The molecule has 0 bridgehead atoms. The number of primary amides is 1. The van der Waals surface area contributed by atoms with Crippen LogP contribution in [0.2, 0.25) is 0 Å². The molecule has 6 atom stereocenters. The highest BCUT2D eigenvalue weighted by Gasteiger charge is 2.69. The Morgan fingerprint density at radius 1 is 1.07 bits per heavy atom. The van der Waals surface area contributed by atoms with Gasteiger partial charge in [0.25, 0.3) is 5.91 Å². The van der Waals surface area contributed by atoms with Gasteiger partial charge in [0.15, 0.2) is 11.4 Å². The number of amides is 1. The Morgan fingerprint density at radius 2 is 1.73 bits per heavy atom. The number of Topliss-reactive ketones (excluding diaryl/α,β-unsaturated/α-hetero) is 2. The van der Waals surface area contributed by atoms with Gasteiger partial charge in [-0.1, -0.05) is 38.3 Å². The fourth-order valence-corrected chi connectivity index (χ4v) is 7.26. The van der Waals surface area contributed by atoms with Gasteiger partial charge in [-0.2, -0.15) is 0 Å². The number of hydrogen-bond acceptors (Lipinski definition) is 10. The normalized spacial score (nSPS) is 32.5. The van der Waals surface area contributed by atoms with E-state index in [0.717, 1.165) is 19.3 Å². The number of ketones is 2. The fourth-order valence-electron chi connectivity index (χ4n) is 7.26. The number of benzene rings is 1. The molecule has 11 heteroatoms. The fraction of sp³-hybridized carbons (Fsp3) is 0.517. The number of nitrogens with zero attached hydrogens (tertiary/aromatic N) is 1. The molecular weight excluding hydrogens is 520 g/mol. The van der Waals surface area contributed by atoms with E-state index in [9.17, 15) is 39.6 Å². The molecule has 2 fully saturated rings. The van der Waals surface area contributed by atoms with Crippen LogP contribution in [0.5, 0.6) is 5.75 Å². The quantitative estimate of drug-likeness (QED) is 0.270. The lowest BCUT2D eigenvalue weighted by Crippen LogP contribution is -2.71. The van der Waals surface area contributed by atoms with Crippen LogP contribution in [0.3, 0.4) is 0 Å². The Kier molecular flexibility index (Phi) is 6.78. The number of carbonyl (C=O) groups excluding carboxylic acids is 4. The molecule has 4 aliphatic rings. The first-order valence-corrected chi connectivity index (χ1v) is 13.5. The summed E-state index contributed by atoms with van der Waals surface area (Å²) in [5, 5.41) is 45.3. The SMILES string of the molecule is C[C@@H]1c2cccc(O)c2C(O)=C2C(=O)[C@]3(O)C(O)=C(C(N)=O)C(=O)[C@H](N(C)C)[C@H]3[C@@H](OC(=O)C3CCCCC3)[C@H]21. The zero-order valence-corrected chi connectivity index (χ0v) is 22.6. The highest BCUT2D eigenvalue weighted by Crippen LogP contribution is 2.57. The van der Waals surface area contributed by atoms with Crippen LogP contribution >= 0.6 is 0 Å². The number of fused-ring (bicyclic) bond motifs is 3. The molecule has 0 unspecified atom stereocenters. The summed E-state index contributed by atoms with van der Waals surface area (Å²) in [7, 11) is 2.99. The van der Waals surface area contributed by atoms with Crippen LogP contribution in [0.15, 0.2) is 35.1 Å². The molecule has 0 radical (unpaired) electrons. The molecule has 0 aliphatic heterocycles. The van der Waals surface area contributed by atoms with Crippen molar-refractivity contribution < 1.29 is 44.3 Å². The van der Waals surface area contributed by atoms with Crippen LogP contribution in [0.25, 0.3) is 5.76 Å². The van der Waals surface area contributed by atoms with E-state index in [2.05, 4.69) is 0 Å².